The Bertz CT molecular complexity index is 3580. The summed E-state index contributed by atoms with van der Waals surface area (Å²) < 4.78 is 12.2. The topological polar surface area (TPSA) is 24.9 Å². The zero-order valence-corrected chi connectivity index (χ0v) is 53.3. The molecule has 9 aromatic rings. The van der Waals surface area contributed by atoms with Gasteiger partial charge in [-0.2, -0.15) is 0 Å². The molecule has 0 spiro atoms. The molecule has 86 heavy (non-hydrogen) atoms. The Morgan fingerprint density at radius 3 is 1.17 bits per heavy atom. The number of fused-ring (bicyclic) bond motifs is 4. The summed E-state index contributed by atoms with van der Waals surface area (Å²) >= 11 is 1.74. The molecule has 8 aromatic carbocycles. The van der Waals surface area contributed by atoms with E-state index in [-0.39, 0.29) is 5.41 Å². The van der Waals surface area contributed by atoms with E-state index < -0.39 is 0 Å². The van der Waals surface area contributed by atoms with E-state index in [1.54, 1.807) is 22.5 Å². The van der Waals surface area contributed by atoms with Crippen LogP contribution in [0.1, 0.15) is 176 Å². The quantitative estimate of drug-likeness (QED) is 0.0436. The summed E-state index contributed by atoms with van der Waals surface area (Å²) in [4.78, 5) is 7.08. The Morgan fingerprint density at radius 2 is 0.721 bits per heavy atom. The second-order valence-corrected chi connectivity index (χ2v) is 25.9. The third-order valence-electron chi connectivity index (χ3n) is 18.5. The Morgan fingerprint density at radius 1 is 0.360 bits per heavy atom. The molecule has 444 valence electrons. The maximum atomic E-state index is 6.15. The van der Waals surface area contributed by atoms with Crippen LogP contribution in [0.2, 0.25) is 0 Å². The SMILES string of the molecule is CCCCCCCCC1(CCCCCCCC)c2cc(C)ccc2-c2ccc(-c3ccc(N(c4ccc(CCCC)cc4)c4ccc(-c5ccc(N(c6ccc(CCCC)cc6)c6ccc(-c7sc(C)c8c7OCCO8)cc6)cc5)cc4)cc3)cc21. The fraction of sp³-hybridized carbons (Fsp3) is 0.358. The van der Waals surface area contributed by atoms with E-state index in [0.29, 0.717) is 13.2 Å². The number of ether oxygens (including phenoxy) is 2. The van der Waals surface area contributed by atoms with Gasteiger partial charge in [-0.3, -0.25) is 0 Å². The molecule has 1 aromatic heterocycles. The Labute approximate surface area is 520 Å². The standard InChI is InChI=1S/C81H92N2O2S/c1-7-11-15-17-19-21-53-81(54-22-20-18-16-12-8-2)76-57-59(5)25-51-74(76)75-52-38-67(58-77(75)81)65-34-47-72(48-35-65)82(68-39-26-61(27-40-68)23-13-9-3)70-43-30-63(31-44-70)64-32-45-71(46-33-64)83(69-41-28-62(29-42-69)24-14-10-4)73-49-36-66(37-50-73)80-79-78(60(6)86-80)84-55-56-85-79/h25-52,57-58H,7-24,53-56H2,1-6H3. The molecule has 0 saturated heterocycles. The van der Waals surface area contributed by atoms with E-state index in [0.717, 1.165) is 73.8 Å². The van der Waals surface area contributed by atoms with Gasteiger partial charge in [0.2, 0.25) is 0 Å². The summed E-state index contributed by atoms with van der Waals surface area (Å²) in [6, 6.07) is 69.8. The van der Waals surface area contributed by atoms with Crippen molar-refractivity contribution in [3.8, 4) is 55.3 Å². The summed E-state index contributed by atoms with van der Waals surface area (Å²) in [5.41, 5.74) is 23.1. The molecule has 0 radical (unpaired) electrons. The summed E-state index contributed by atoms with van der Waals surface area (Å²) in [6.07, 6.45) is 25.3. The maximum Gasteiger partial charge on any atom is 0.180 e. The van der Waals surface area contributed by atoms with Gasteiger partial charge in [0.05, 0.1) is 4.88 Å². The number of unbranched alkanes of at least 4 members (excludes halogenated alkanes) is 12. The average Bonchev–Trinajstić information content (AvgIpc) is 1.63. The number of nitrogens with zero attached hydrogens (tertiary/aromatic N) is 2. The first kappa shape index (κ1) is 60.4. The number of benzene rings is 8. The highest BCUT2D eigenvalue weighted by atomic mass is 32.1. The number of anilines is 6. The van der Waals surface area contributed by atoms with Crippen LogP contribution in [-0.4, -0.2) is 13.2 Å². The molecule has 2 heterocycles. The van der Waals surface area contributed by atoms with Gasteiger partial charge >= 0.3 is 0 Å². The van der Waals surface area contributed by atoms with Gasteiger partial charge in [0.15, 0.2) is 11.5 Å². The van der Waals surface area contributed by atoms with Crippen LogP contribution in [0.5, 0.6) is 11.5 Å². The number of aryl methyl sites for hydroxylation is 4. The minimum atomic E-state index is 0.0430. The summed E-state index contributed by atoms with van der Waals surface area (Å²) in [5, 5.41) is 0. The lowest BCUT2D eigenvalue weighted by Gasteiger charge is -2.33. The average molecular weight is 1160 g/mol. The number of hydrogen-bond acceptors (Lipinski definition) is 5. The van der Waals surface area contributed by atoms with Crippen molar-refractivity contribution in [3.05, 3.63) is 215 Å². The molecule has 0 bridgehead atoms. The second kappa shape index (κ2) is 28.9. The van der Waals surface area contributed by atoms with Crippen LogP contribution < -0.4 is 19.3 Å². The van der Waals surface area contributed by atoms with Crippen molar-refractivity contribution in [3.63, 3.8) is 0 Å². The molecule has 0 fully saturated rings. The molecular formula is C81H92N2O2S. The molecule has 1 aliphatic carbocycles. The van der Waals surface area contributed by atoms with Crippen molar-refractivity contribution in [1.29, 1.82) is 0 Å². The van der Waals surface area contributed by atoms with Crippen LogP contribution in [0.3, 0.4) is 0 Å². The van der Waals surface area contributed by atoms with Crippen LogP contribution >= 0.6 is 11.3 Å². The van der Waals surface area contributed by atoms with E-state index in [4.69, 9.17) is 9.47 Å². The molecule has 4 nitrogen and oxygen atoms in total. The molecule has 5 heteroatoms. The largest absolute Gasteiger partial charge is 0.485 e. The van der Waals surface area contributed by atoms with Crippen LogP contribution in [0, 0.1) is 13.8 Å². The zero-order valence-electron chi connectivity index (χ0n) is 52.5. The summed E-state index contributed by atoms with van der Waals surface area (Å²) in [5.74, 6) is 1.76. The molecular weight excluding hydrogens is 1060 g/mol. The highest BCUT2D eigenvalue weighted by Crippen LogP contribution is 2.56. The van der Waals surface area contributed by atoms with Gasteiger partial charge < -0.3 is 19.3 Å². The van der Waals surface area contributed by atoms with Gasteiger partial charge in [-0.05, 0) is 192 Å². The summed E-state index contributed by atoms with van der Waals surface area (Å²) in [7, 11) is 0. The lowest BCUT2D eigenvalue weighted by Crippen LogP contribution is -2.25. The van der Waals surface area contributed by atoms with Gasteiger partial charge in [-0.25, -0.2) is 0 Å². The van der Waals surface area contributed by atoms with Crippen molar-refractivity contribution < 1.29 is 9.47 Å². The van der Waals surface area contributed by atoms with Gasteiger partial charge in [0.25, 0.3) is 0 Å². The minimum Gasteiger partial charge on any atom is -0.485 e. The van der Waals surface area contributed by atoms with Gasteiger partial charge in [-0.15, -0.1) is 11.3 Å². The third-order valence-corrected chi connectivity index (χ3v) is 19.6. The molecule has 0 atom stereocenters. The highest BCUT2D eigenvalue weighted by molar-refractivity contribution is 7.16. The van der Waals surface area contributed by atoms with Gasteiger partial charge in [-0.1, -0.05) is 226 Å². The fourth-order valence-electron chi connectivity index (χ4n) is 13.6. The van der Waals surface area contributed by atoms with Crippen molar-refractivity contribution in [1.82, 2.24) is 0 Å². The second-order valence-electron chi connectivity index (χ2n) is 24.7. The van der Waals surface area contributed by atoms with E-state index in [1.807, 2.05) is 0 Å². The normalized spacial score (nSPS) is 13.0. The van der Waals surface area contributed by atoms with Crippen LogP contribution in [-0.2, 0) is 18.3 Å². The molecule has 0 unspecified atom stereocenters. The summed E-state index contributed by atoms with van der Waals surface area (Å²) in [6.45, 7) is 14.8. The Hall–Kier alpha value is -7.34. The minimum absolute atomic E-state index is 0.0430. The monoisotopic (exact) mass is 1160 g/mol. The lowest BCUT2D eigenvalue weighted by molar-refractivity contribution is 0.173. The van der Waals surface area contributed by atoms with Crippen molar-refractivity contribution in [2.75, 3.05) is 23.0 Å². The van der Waals surface area contributed by atoms with Gasteiger partial charge in [0, 0.05) is 44.4 Å². The molecule has 11 rings (SSSR count). The van der Waals surface area contributed by atoms with E-state index in [1.165, 1.54) is 166 Å². The molecule has 0 N–H and O–H groups in total. The fourth-order valence-corrected chi connectivity index (χ4v) is 14.7. The van der Waals surface area contributed by atoms with E-state index in [2.05, 4.69) is 233 Å². The predicted octanol–water partition coefficient (Wildman–Crippen LogP) is 24.5. The number of rotatable bonds is 29. The number of thiophene rings is 1. The molecule has 2 aliphatic rings. The first-order valence-corrected chi connectivity index (χ1v) is 33.9. The highest BCUT2D eigenvalue weighted by Gasteiger charge is 2.42. The Balaban J connectivity index is 0.880. The molecule has 0 amide bonds. The third kappa shape index (κ3) is 13.6. The van der Waals surface area contributed by atoms with Crippen LogP contribution in [0.4, 0.5) is 34.1 Å². The van der Waals surface area contributed by atoms with Crippen LogP contribution in [0.25, 0.3) is 43.8 Å². The maximum absolute atomic E-state index is 6.15. The predicted molar refractivity (Wildman–Crippen MR) is 370 cm³/mol. The van der Waals surface area contributed by atoms with Crippen LogP contribution in [0.15, 0.2) is 182 Å². The zero-order chi connectivity index (χ0) is 59.2. The first-order chi connectivity index (χ1) is 42.3. The first-order valence-electron chi connectivity index (χ1n) is 33.1. The Kier molecular flexibility index (Phi) is 20.3. The van der Waals surface area contributed by atoms with Crippen molar-refractivity contribution >= 4 is 45.5 Å². The van der Waals surface area contributed by atoms with E-state index in [9.17, 15) is 0 Å². The smallest absolute Gasteiger partial charge is 0.180 e. The lowest BCUT2D eigenvalue weighted by atomic mass is 9.70. The van der Waals surface area contributed by atoms with Crippen molar-refractivity contribution in [2.24, 2.45) is 0 Å². The van der Waals surface area contributed by atoms with Crippen molar-refractivity contribution in [2.45, 2.75) is 175 Å². The van der Waals surface area contributed by atoms with Gasteiger partial charge in [0.1, 0.15) is 13.2 Å². The van der Waals surface area contributed by atoms with E-state index >= 15 is 0 Å². The number of hydrogen-bond donors (Lipinski definition) is 0. The molecule has 0 saturated carbocycles. The molecule has 1 aliphatic heterocycles.